The number of carbonyl (C=O) groups excluding carboxylic acids is 1. The summed E-state index contributed by atoms with van der Waals surface area (Å²) in [4.78, 5) is 33.6. The predicted molar refractivity (Wildman–Crippen MR) is 120 cm³/mol. The van der Waals surface area contributed by atoms with Gasteiger partial charge in [0.2, 0.25) is 5.91 Å². The fraction of sp³-hybridized carbons (Fsp3) is 0.591. The number of likely N-dealkylation sites (tertiary alicyclic amines) is 1. The minimum Gasteiger partial charge on any atom is -0.391 e. The maximum atomic E-state index is 12.7. The molecule has 1 amide bonds. The fourth-order valence-electron chi connectivity index (χ4n) is 3.72. The van der Waals surface area contributed by atoms with Crippen molar-refractivity contribution in [2.24, 2.45) is 0 Å². The third kappa shape index (κ3) is 7.21. The highest BCUT2D eigenvalue weighted by molar-refractivity contribution is 5.76. The molecule has 10 nitrogen and oxygen atoms in total. The smallest absolute Gasteiger partial charge is 0.391 e. The molecule has 35 heavy (non-hydrogen) atoms. The van der Waals surface area contributed by atoms with E-state index in [2.05, 4.69) is 25.5 Å². The van der Waals surface area contributed by atoms with Gasteiger partial charge in [0.15, 0.2) is 0 Å². The number of aliphatic hydroxyl groups excluding tert-OH is 1. The molecule has 1 aliphatic heterocycles. The molecule has 2 aromatic heterocycles. The number of aromatic nitrogens is 4. The topological polar surface area (TPSA) is 133 Å². The number of aromatic amines is 1. The highest BCUT2D eigenvalue weighted by Gasteiger charge is 2.32. The lowest BCUT2D eigenvalue weighted by Gasteiger charge is -2.31. The van der Waals surface area contributed by atoms with Crippen molar-refractivity contribution in [1.82, 2.24) is 25.1 Å². The van der Waals surface area contributed by atoms with Gasteiger partial charge in [-0.2, -0.15) is 18.3 Å². The largest absolute Gasteiger partial charge is 0.419 e. The van der Waals surface area contributed by atoms with E-state index < -0.39 is 23.9 Å². The predicted octanol–water partition coefficient (Wildman–Crippen LogP) is 1.86. The molecule has 0 radical (unpaired) electrons. The maximum absolute atomic E-state index is 12.7. The minimum absolute atomic E-state index is 0.0898. The first-order chi connectivity index (χ1) is 16.6. The number of carbonyl (C=O) groups is 1. The van der Waals surface area contributed by atoms with Crippen molar-refractivity contribution < 1.29 is 27.8 Å². The van der Waals surface area contributed by atoms with Crippen molar-refractivity contribution in [3.05, 3.63) is 45.9 Å². The third-order valence-corrected chi connectivity index (χ3v) is 6.00. The van der Waals surface area contributed by atoms with Crippen molar-refractivity contribution >= 4 is 11.6 Å². The van der Waals surface area contributed by atoms with Gasteiger partial charge in [-0.25, -0.2) is 15.1 Å². The van der Waals surface area contributed by atoms with E-state index in [1.807, 2.05) is 0 Å². The molecule has 0 saturated carbocycles. The third-order valence-electron chi connectivity index (χ3n) is 6.00. The Hall–Kier alpha value is -3.06. The van der Waals surface area contributed by atoms with Gasteiger partial charge in [0.1, 0.15) is 5.82 Å². The Kier molecular flexibility index (Phi) is 8.78. The Bertz CT molecular complexity index is 1040. The maximum Gasteiger partial charge on any atom is 0.419 e. The average Bonchev–Trinajstić information content (AvgIpc) is 2.83. The van der Waals surface area contributed by atoms with Crippen molar-refractivity contribution in [3.63, 3.8) is 0 Å². The molecule has 2 atom stereocenters. The number of amides is 1. The van der Waals surface area contributed by atoms with Gasteiger partial charge in [-0.1, -0.05) is 0 Å². The second-order valence-corrected chi connectivity index (χ2v) is 8.54. The lowest BCUT2D eigenvalue weighted by Crippen LogP contribution is -2.39. The molecule has 2 aromatic rings. The highest BCUT2D eigenvalue weighted by atomic mass is 19.4. The van der Waals surface area contributed by atoms with Crippen LogP contribution in [0.4, 0.5) is 18.9 Å². The van der Waals surface area contributed by atoms with Crippen LogP contribution >= 0.6 is 0 Å². The molecular formula is C22H29F3N6O4. The molecular weight excluding hydrogens is 469 g/mol. The number of halogens is 3. The highest BCUT2D eigenvalue weighted by Crippen LogP contribution is 2.30. The van der Waals surface area contributed by atoms with Crippen molar-refractivity contribution in [1.29, 1.82) is 0 Å². The number of hydrogen-bond donors (Lipinski definition) is 3. The second-order valence-electron chi connectivity index (χ2n) is 8.54. The normalized spacial score (nSPS) is 16.7. The molecule has 13 heteroatoms. The number of hydrogen-bond acceptors (Lipinski definition) is 8. The quantitative estimate of drug-likeness (QED) is 0.446. The summed E-state index contributed by atoms with van der Waals surface area (Å²) in [6.45, 7) is 4.41. The van der Waals surface area contributed by atoms with E-state index in [0.29, 0.717) is 43.0 Å². The van der Waals surface area contributed by atoms with E-state index in [9.17, 15) is 27.9 Å². The molecule has 1 saturated heterocycles. The number of alkyl halides is 3. The number of ether oxygens (including phenoxy) is 1. The number of piperidine rings is 1. The summed E-state index contributed by atoms with van der Waals surface area (Å²) in [6.07, 6.45) is -0.936. The number of aliphatic hydroxyl groups is 1. The zero-order chi connectivity index (χ0) is 25.6. The first-order valence-corrected chi connectivity index (χ1v) is 11.3. The number of rotatable bonds is 9. The summed E-state index contributed by atoms with van der Waals surface area (Å²) in [5.41, 5.74) is -0.296. The van der Waals surface area contributed by atoms with E-state index in [-0.39, 0.29) is 37.0 Å². The van der Waals surface area contributed by atoms with Gasteiger partial charge in [0.05, 0.1) is 49.2 Å². The van der Waals surface area contributed by atoms with Gasteiger partial charge >= 0.3 is 6.18 Å². The van der Waals surface area contributed by atoms with Crippen molar-refractivity contribution in [2.45, 2.75) is 57.3 Å². The Balaban J connectivity index is 1.41. The van der Waals surface area contributed by atoms with Gasteiger partial charge in [-0.15, -0.1) is 0 Å². The Morgan fingerprint density at radius 2 is 1.94 bits per heavy atom. The first-order valence-electron chi connectivity index (χ1n) is 11.3. The van der Waals surface area contributed by atoms with E-state index in [0.717, 1.165) is 12.4 Å². The standard InChI is InChI=1S/C22H29F3N6O4/c1-13-17(11-28-30-21(13)34)29-18(14(2)32)12-35-8-5-19(33)31-6-3-15(4-7-31)20-26-9-16(10-27-20)22(23,24)25/h9-11,14-15,18,32H,3-8,12H2,1-2H3,(H2,29,30,34)/t14-,18-/m1/s1. The van der Waals surface area contributed by atoms with Crippen molar-refractivity contribution in [2.75, 3.05) is 31.6 Å². The summed E-state index contributed by atoms with van der Waals surface area (Å²) in [6, 6.07) is -0.508. The molecule has 0 spiro atoms. The van der Waals surface area contributed by atoms with Crippen LogP contribution in [0.1, 0.15) is 49.1 Å². The van der Waals surface area contributed by atoms with E-state index in [4.69, 9.17) is 4.74 Å². The van der Waals surface area contributed by atoms with Crippen LogP contribution in [0.15, 0.2) is 23.4 Å². The number of nitrogens with zero attached hydrogens (tertiary/aromatic N) is 4. The summed E-state index contributed by atoms with van der Waals surface area (Å²) < 4.78 is 43.6. The molecule has 1 aliphatic rings. The minimum atomic E-state index is -4.47. The Morgan fingerprint density at radius 3 is 2.54 bits per heavy atom. The van der Waals surface area contributed by atoms with Gasteiger partial charge in [0, 0.05) is 37.0 Å². The van der Waals surface area contributed by atoms with Crippen LogP contribution in [0, 0.1) is 6.92 Å². The molecule has 1 fully saturated rings. The van der Waals surface area contributed by atoms with Gasteiger partial charge < -0.3 is 20.1 Å². The van der Waals surface area contributed by atoms with Gasteiger partial charge in [-0.3, -0.25) is 9.59 Å². The molecule has 0 aromatic carbocycles. The number of H-pyrrole nitrogens is 1. The second kappa shape index (κ2) is 11.6. The summed E-state index contributed by atoms with van der Waals surface area (Å²) in [7, 11) is 0. The molecule has 3 N–H and O–H groups in total. The number of nitrogens with one attached hydrogen (secondary N) is 2. The number of anilines is 1. The van der Waals surface area contributed by atoms with Crippen LogP contribution in [-0.2, 0) is 15.7 Å². The molecule has 3 heterocycles. The van der Waals surface area contributed by atoms with Crippen LogP contribution in [0.5, 0.6) is 0 Å². The zero-order valence-electron chi connectivity index (χ0n) is 19.5. The SMILES string of the molecule is Cc1c(N[C@H](COCCC(=O)N2CCC(c3ncc(C(F)(F)F)cn3)CC2)[C@@H](C)O)cn[nH]c1=O. The van der Waals surface area contributed by atoms with E-state index >= 15 is 0 Å². The fourth-order valence-corrected chi connectivity index (χ4v) is 3.72. The van der Waals surface area contributed by atoms with E-state index in [1.165, 1.54) is 6.20 Å². The lowest BCUT2D eigenvalue weighted by atomic mass is 9.95. The summed E-state index contributed by atoms with van der Waals surface area (Å²) >= 11 is 0. The van der Waals surface area contributed by atoms with Crippen LogP contribution in [-0.4, -0.2) is 74.5 Å². The molecule has 0 unspecified atom stereocenters. The van der Waals surface area contributed by atoms with Crippen LogP contribution < -0.4 is 10.9 Å². The van der Waals surface area contributed by atoms with E-state index in [1.54, 1.807) is 18.7 Å². The Morgan fingerprint density at radius 1 is 1.29 bits per heavy atom. The molecule has 0 bridgehead atoms. The molecule has 192 valence electrons. The van der Waals surface area contributed by atoms with Gasteiger partial charge in [0.25, 0.3) is 5.56 Å². The van der Waals surface area contributed by atoms with Crippen molar-refractivity contribution in [3.8, 4) is 0 Å². The Labute approximate surface area is 199 Å². The summed E-state index contributed by atoms with van der Waals surface area (Å²) in [5.74, 6) is 0.169. The molecule has 3 rings (SSSR count). The zero-order valence-corrected chi connectivity index (χ0v) is 19.5. The average molecular weight is 499 g/mol. The van der Waals surface area contributed by atoms with Crippen LogP contribution in [0.25, 0.3) is 0 Å². The first kappa shape index (κ1) is 26.5. The van der Waals surface area contributed by atoms with Crippen LogP contribution in [0.2, 0.25) is 0 Å². The lowest BCUT2D eigenvalue weighted by molar-refractivity contribution is -0.138. The van der Waals surface area contributed by atoms with Gasteiger partial charge in [-0.05, 0) is 26.7 Å². The summed E-state index contributed by atoms with van der Waals surface area (Å²) in [5, 5.41) is 19.1. The molecule has 0 aliphatic carbocycles. The monoisotopic (exact) mass is 498 g/mol. The van der Waals surface area contributed by atoms with Crippen LogP contribution in [0.3, 0.4) is 0 Å².